The molecule has 0 amide bonds. The molecule has 0 aromatic rings. The van der Waals surface area contributed by atoms with Crippen LogP contribution in [-0.2, 0) is 13.9 Å². The number of carbonyl (C=O) groups excluding carboxylic acids is 1. The quantitative estimate of drug-likeness (QED) is 0.421. The van der Waals surface area contributed by atoms with Gasteiger partial charge in [0.2, 0.25) is 0 Å². The van der Waals surface area contributed by atoms with E-state index in [0.29, 0.717) is 5.75 Å². The average Bonchev–Trinajstić information content (AvgIpc) is 2.20. The third-order valence-corrected chi connectivity index (χ3v) is 2.80. The summed E-state index contributed by atoms with van der Waals surface area (Å²) in [4.78, 5) is 27.7. The van der Waals surface area contributed by atoms with Gasteiger partial charge in [0.25, 0.3) is 0 Å². The number of ketones is 1. The second-order valence-electron chi connectivity index (χ2n) is 3.02. The summed E-state index contributed by atoms with van der Waals surface area (Å²) < 4.78 is 14.2. The maximum Gasteiger partial charge on any atom is 0.470 e. The van der Waals surface area contributed by atoms with Gasteiger partial charge in [0.1, 0.15) is 12.7 Å². The zero-order chi connectivity index (χ0) is 12.8. The number of hydrogen-bond donors (Lipinski definition) is 4. The van der Waals surface area contributed by atoms with E-state index < -0.39 is 32.4 Å². The van der Waals surface area contributed by atoms with Gasteiger partial charge in [-0.15, -0.1) is 0 Å². The van der Waals surface area contributed by atoms with Gasteiger partial charge >= 0.3 is 7.82 Å². The van der Waals surface area contributed by atoms with E-state index in [0.717, 1.165) is 0 Å². The Bertz CT molecular complexity index is 265. The summed E-state index contributed by atoms with van der Waals surface area (Å²) in [6.45, 7) is -0.929. The van der Waals surface area contributed by atoms with Crippen molar-refractivity contribution in [3.63, 3.8) is 0 Å². The molecule has 0 radical (unpaired) electrons. The van der Waals surface area contributed by atoms with Gasteiger partial charge in [-0.1, -0.05) is 0 Å². The molecule has 0 saturated carbocycles. The van der Waals surface area contributed by atoms with Crippen molar-refractivity contribution in [2.75, 3.05) is 18.6 Å². The predicted molar refractivity (Wildman–Crippen MR) is 58.0 cm³/mol. The number of phosphoric ester groups is 1. The minimum absolute atomic E-state index is 0.212. The van der Waals surface area contributed by atoms with Crippen LogP contribution in [0.4, 0.5) is 0 Å². The number of carbonyl (C=O) groups is 1. The first kappa shape index (κ1) is 16.1. The number of rotatable bonds is 8. The fourth-order valence-corrected chi connectivity index (χ4v) is 1.62. The molecule has 0 unspecified atom stereocenters. The third kappa shape index (κ3) is 7.34. The SMILES string of the molecule is CSCC[C@@H](O)[C@H](O)C(=O)COP(=O)(O)O. The second kappa shape index (κ2) is 7.39. The summed E-state index contributed by atoms with van der Waals surface area (Å²) in [5.41, 5.74) is 0. The minimum Gasteiger partial charge on any atom is -0.390 e. The number of aliphatic hydroxyl groups excluding tert-OH is 2. The smallest absolute Gasteiger partial charge is 0.390 e. The Balaban J connectivity index is 4.02. The number of Topliss-reactive ketones (excluding diaryl/α,β-unsaturated/α-hetero) is 1. The molecule has 0 fully saturated rings. The van der Waals surface area contributed by atoms with Crippen molar-refractivity contribution < 1.29 is 33.9 Å². The molecule has 0 bridgehead atoms. The molecule has 9 heteroatoms. The highest BCUT2D eigenvalue weighted by Gasteiger charge is 2.26. The first-order valence-electron chi connectivity index (χ1n) is 4.36. The van der Waals surface area contributed by atoms with E-state index in [1.807, 2.05) is 0 Å². The number of aliphatic hydroxyl groups is 2. The summed E-state index contributed by atoms with van der Waals surface area (Å²) in [6.07, 6.45) is -0.916. The monoisotopic (exact) mass is 274 g/mol. The zero-order valence-corrected chi connectivity index (χ0v) is 10.4. The van der Waals surface area contributed by atoms with E-state index in [4.69, 9.17) is 9.79 Å². The molecule has 2 atom stereocenters. The molecule has 7 nitrogen and oxygen atoms in total. The molecular weight excluding hydrogens is 259 g/mol. The maximum absolute atomic E-state index is 11.1. The first-order chi connectivity index (χ1) is 7.28. The van der Waals surface area contributed by atoms with Gasteiger partial charge in [0.05, 0.1) is 6.10 Å². The van der Waals surface area contributed by atoms with Gasteiger partial charge in [-0.2, -0.15) is 11.8 Å². The molecule has 96 valence electrons. The van der Waals surface area contributed by atoms with Crippen LogP contribution < -0.4 is 0 Å². The normalized spacial score (nSPS) is 15.8. The van der Waals surface area contributed by atoms with Crippen LogP contribution in [0.3, 0.4) is 0 Å². The molecule has 0 aromatic heterocycles. The van der Waals surface area contributed by atoms with Gasteiger partial charge in [0.15, 0.2) is 5.78 Å². The lowest BCUT2D eigenvalue weighted by atomic mass is 10.1. The molecule has 0 saturated heterocycles. The molecule has 0 aliphatic carbocycles. The van der Waals surface area contributed by atoms with Gasteiger partial charge in [-0.3, -0.25) is 9.32 Å². The summed E-state index contributed by atoms with van der Waals surface area (Å²) >= 11 is 1.44. The van der Waals surface area contributed by atoms with E-state index in [1.54, 1.807) is 6.26 Å². The maximum atomic E-state index is 11.1. The van der Waals surface area contributed by atoms with Crippen LogP contribution in [-0.4, -0.2) is 56.6 Å². The van der Waals surface area contributed by atoms with Crippen molar-refractivity contribution in [3.8, 4) is 0 Å². The second-order valence-corrected chi connectivity index (χ2v) is 5.25. The van der Waals surface area contributed by atoms with Crippen molar-refractivity contribution in [2.45, 2.75) is 18.6 Å². The van der Waals surface area contributed by atoms with Crippen LogP contribution in [0.2, 0.25) is 0 Å². The Morgan fingerprint density at radius 1 is 1.44 bits per heavy atom. The van der Waals surface area contributed by atoms with Gasteiger partial charge < -0.3 is 20.0 Å². The lowest BCUT2D eigenvalue weighted by Crippen LogP contribution is -2.36. The number of phosphoric acid groups is 1. The highest BCUT2D eigenvalue weighted by atomic mass is 32.2. The van der Waals surface area contributed by atoms with Crippen molar-refractivity contribution in [1.29, 1.82) is 0 Å². The summed E-state index contributed by atoms with van der Waals surface area (Å²) in [7, 11) is -4.73. The zero-order valence-electron chi connectivity index (χ0n) is 8.65. The average molecular weight is 274 g/mol. The standard InChI is InChI=1S/C7H15O7PS/c1-16-3-2-5(8)7(10)6(9)4-14-15(11,12)13/h5,7-8,10H,2-4H2,1H3,(H2,11,12,13)/t5-,7+/m1/s1. The lowest BCUT2D eigenvalue weighted by Gasteiger charge is -2.16. The molecule has 0 heterocycles. The molecule has 0 aliphatic heterocycles. The fourth-order valence-electron chi connectivity index (χ4n) is 0.844. The van der Waals surface area contributed by atoms with Crippen molar-refractivity contribution in [1.82, 2.24) is 0 Å². The van der Waals surface area contributed by atoms with E-state index in [1.165, 1.54) is 11.8 Å². The molecule has 0 spiro atoms. The van der Waals surface area contributed by atoms with Crippen LogP contribution in [0.1, 0.15) is 6.42 Å². The fraction of sp³-hybridized carbons (Fsp3) is 0.857. The predicted octanol–water partition coefficient (Wildman–Crippen LogP) is -0.860. The Hall–Kier alpha value is 0.0500. The minimum atomic E-state index is -4.73. The Kier molecular flexibility index (Phi) is 7.41. The molecule has 4 N–H and O–H groups in total. The van der Waals surface area contributed by atoms with Gasteiger partial charge in [-0.25, -0.2) is 4.57 Å². The molecule has 0 aromatic carbocycles. The van der Waals surface area contributed by atoms with Crippen molar-refractivity contribution in [2.24, 2.45) is 0 Å². The lowest BCUT2D eigenvalue weighted by molar-refractivity contribution is -0.135. The van der Waals surface area contributed by atoms with E-state index in [2.05, 4.69) is 4.52 Å². The molecular formula is C7H15O7PS. The molecule has 16 heavy (non-hydrogen) atoms. The van der Waals surface area contributed by atoms with E-state index in [9.17, 15) is 19.6 Å². The topological polar surface area (TPSA) is 124 Å². The van der Waals surface area contributed by atoms with Crippen LogP contribution in [0.25, 0.3) is 0 Å². The van der Waals surface area contributed by atoms with E-state index >= 15 is 0 Å². The summed E-state index contributed by atoms with van der Waals surface area (Å²) in [5, 5.41) is 18.6. The van der Waals surface area contributed by atoms with Crippen LogP contribution >= 0.6 is 19.6 Å². The highest BCUT2D eigenvalue weighted by molar-refractivity contribution is 7.98. The molecule has 0 aliphatic rings. The highest BCUT2D eigenvalue weighted by Crippen LogP contribution is 2.35. The van der Waals surface area contributed by atoms with Crippen molar-refractivity contribution in [3.05, 3.63) is 0 Å². The Labute approximate surface area is 97.1 Å². The van der Waals surface area contributed by atoms with Crippen LogP contribution in [0.5, 0.6) is 0 Å². The number of thioether (sulfide) groups is 1. The Morgan fingerprint density at radius 3 is 2.44 bits per heavy atom. The number of hydrogen-bond acceptors (Lipinski definition) is 6. The van der Waals surface area contributed by atoms with Crippen molar-refractivity contribution >= 4 is 25.4 Å². The first-order valence-corrected chi connectivity index (χ1v) is 7.28. The largest absolute Gasteiger partial charge is 0.470 e. The summed E-state index contributed by atoms with van der Waals surface area (Å²) in [5.74, 6) is -0.401. The Morgan fingerprint density at radius 2 is 2.00 bits per heavy atom. The van der Waals surface area contributed by atoms with E-state index in [-0.39, 0.29) is 6.42 Å². The van der Waals surface area contributed by atoms with Gasteiger partial charge in [0, 0.05) is 0 Å². The third-order valence-electron chi connectivity index (χ3n) is 1.69. The van der Waals surface area contributed by atoms with Gasteiger partial charge in [-0.05, 0) is 18.4 Å². The molecule has 0 rings (SSSR count). The summed E-state index contributed by atoms with van der Waals surface area (Å²) in [6, 6.07) is 0. The van der Waals surface area contributed by atoms with Crippen LogP contribution in [0, 0.1) is 0 Å². The van der Waals surface area contributed by atoms with Crippen LogP contribution in [0.15, 0.2) is 0 Å².